The molecule has 3 atom stereocenters. The van der Waals surface area contributed by atoms with E-state index in [9.17, 15) is 9.90 Å². The van der Waals surface area contributed by atoms with Gasteiger partial charge in [0.25, 0.3) is 0 Å². The van der Waals surface area contributed by atoms with E-state index >= 15 is 0 Å². The molecule has 1 saturated carbocycles. The molecule has 2 rings (SSSR count). The van der Waals surface area contributed by atoms with Crippen LogP contribution in [0, 0.1) is 17.8 Å². The Bertz CT molecular complexity index is 458. The van der Waals surface area contributed by atoms with E-state index in [0.717, 1.165) is 36.3 Å². The van der Waals surface area contributed by atoms with Crippen molar-refractivity contribution in [1.29, 1.82) is 0 Å². The molecule has 0 saturated heterocycles. The van der Waals surface area contributed by atoms with Crippen LogP contribution in [0.15, 0.2) is 24.3 Å². The molecular formula is C17H23ClO2. The van der Waals surface area contributed by atoms with Crippen LogP contribution in [0.2, 0.25) is 5.02 Å². The van der Waals surface area contributed by atoms with Crippen LogP contribution in [0.3, 0.4) is 0 Å². The quantitative estimate of drug-likeness (QED) is 0.847. The van der Waals surface area contributed by atoms with Crippen LogP contribution in [0.5, 0.6) is 0 Å². The van der Waals surface area contributed by atoms with Crippen LogP contribution in [0.25, 0.3) is 0 Å². The minimum absolute atomic E-state index is 0.209. The highest BCUT2D eigenvalue weighted by Crippen LogP contribution is 2.38. The fourth-order valence-corrected chi connectivity index (χ4v) is 3.74. The van der Waals surface area contributed by atoms with Crippen LogP contribution in [0.4, 0.5) is 0 Å². The molecular weight excluding hydrogens is 272 g/mol. The van der Waals surface area contributed by atoms with Crippen molar-refractivity contribution in [3.05, 3.63) is 34.9 Å². The number of carbonyl (C=O) groups is 1. The lowest BCUT2D eigenvalue weighted by Gasteiger charge is -2.34. The topological polar surface area (TPSA) is 37.3 Å². The molecule has 1 aromatic rings. The standard InChI is InChI=1S/C17H23ClO2/c1-2-5-12-8-9-15(17(19)20)14(10-12)11-13-6-3-4-7-16(13)18/h3-4,6-7,12,14-15H,2,5,8-11H2,1H3,(H,19,20). The first-order valence-electron chi connectivity index (χ1n) is 7.58. The first kappa shape index (κ1) is 15.4. The third-order valence-electron chi connectivity index (χ3n) is 4.55. The Morgan fingerprint density at radius 3 is 2.75 bits per heavy atom. The molecule has 0 aliphatic heterocycles. The number of hydrogen-bond acceptors (Lipinski definition) is 1. The van der Waals surface area contributed by atoms with E-state index < -0.39 is 5.97 Å². The predicted octanol–water partition coefficient (Wildman–Crippen LogP) is 4.80. The number of aliphatic carboxylic acids is 1. The molecule has 0 radical (unpaired) electrons. The molecule has 0 bridgehead atoms. The van der Waals surface area contributed by atoms with Crippen LogP contribution in [-0.4, -0.2) is 11.1 Å². The zero-order valence-electron chi connectivity index (χ0n) is 12.0. The maximum Gasteiger partial charge on any atom is 0.306 e. The molecule has 110 valence electrons. The Balaban J connectivity index is 2.11. The minimum Gasteiger partial charge on any atom is -0.481 e. The Labute approximate surface area is 126 Å². The molecule has 0 spiro atoms. The Morgan fingerprint density at radius 1 is 1.35 bits per heavy atom. The van der Waals surface area contributed by atoms with E-state index in [0.29, 0.717) is 5.92 Å². The molecule has 0 heterocycles. The number of hydrogen-bond donors (Lipinski definition) is 1. The van der Waals surface area contributed by atoms with Crippen molar-refractivity contribution in [2.45, 2.75) is 45.4 Å². The molecule has 1 N–H and O–H groups in total. The average molecular weight is 295 g/mol. The van der Waals surface area contributed by atoms with Crippen LogP contribution in [-0.2, 0) is 11.2 Å². The van der Waals surface area contributed by atoms with Crippen molar-refractivity contribution in [1.82, 2.24) is 0 Å². The zero-order chi connectivity index (χ0) is 14.5. The van der Waals surface area contributed by atoms with Gasteiger partial charge in [-0.25, -0.2) is 0 Å². The third kappa shape index (κ3) is 3.76. The minimum atomic E-state index is -0.642. The smallest absolute Gasteiger partial charge is 0.306 e. The van der Waals surface area contributed by atoms with Gasteiger partial charge in [-0.2, -0.15) is 0 Å². The fraction of sp³-hybridized carbons (Fsp3) is 0.588. The largest absolute Gasteiger partial charge is 0.481 e. The van der Waals surface area contributed by atoms with E-state index in [-0.39, 0.29) is 11.8 Å². The summed E-state index contributed by atoms with van der Waals surface area (Å²) in [5.41, 5.74) is 1.09. The van der Waals surface area contributed by atoms with Crippen molar-refractivity contribution in [2.75, 3.05) is 0 Å². The van der Waals surface area contributed by atoms with Gasteiger partial charge in [-0.3, -0.25) is 4.79 Å². The summed E-state index contributed by atoms with van der Waals surface area (Å²) in [7, 11) is 0. The molecule has 0 aromatic heterocycles. The van der Waals surface area contributed by atoms with E-state index in [1.807, 2.05) is 24.3 Å². The van der Waals surface area contributed by atoms with Gasteiger partial charge < -0.3 is 5.11 Å². The average Bonchev–Trinajstić information content (AvgIpc) is 2.42. The molecule has 0 amide bonds. The lowest BCUT2D eigenvalue weighted by molar-refractivity contribution is -0.145. The number of carboxylic acid groups (broad SMARTS) is 1. The van der Waals surface area contributed by atoms with Gasteiger partial charge in [-0.05, 0) is 49.1 Å². The Hall–Kier alpha value is -1.02. The highest BCUT2D eigenvalue weighted by molar-refractivity contribution is 6.31. The van der Waals surface area contributed by atoms with E-state index in [1.54, 1.807) is 0 Å². The molecule has 1 fully saturated rings. The van der Waals surface area contributed by atoms with Crippen molar-refractivity contribution in [3.63, 3.8) is 0 Å². The molecule has 1 aliphatic carbocycles. The summed E-state index contributed by atoms with van der Waals surface area (Å²) in [5, 5.41) is 10.2. The van der Waals surface area contributed by atoms with Crippen molar-refractivity contribution in [3.8, 4) is 0 Å². The highest BCUT2D eigenvalue weighted by atomic mass is 35.5. The first-order valence-corrected chi connectivity index (χ1v) is 7.95. The molecule has 3 unspecified atom stereocenters. The summed E-state index contributed by atoms with van der Waals surface area (Å²) in [5.74, 6) is 0.0529. The van der Waals surface area contributed by atoms with Crippen LogP contribution < -0.4 is 0 Å². The molecule has 2 nitrogen and oxygen atoms in total. The number of halogens is 1. The van der Waals surface area contributed by atoms with E-state index in [2.05, 4.69) is 6.92 Å². The summed E-state index contributed by atoms with van der Waals surface area (Å²) >= 11 is 6.22. The first-order chi connectivity index (χ1) is 9.61. The second-order valence-electron chi connectivity index (χ2n) is 5.97. The van der Waals surface area contributed by atoms with Crippen molar-refractivity contribution in [2.24, 2.45) is 17.8 Å². The zero-order valence-corrected chi connectivity index (χ0v) is 12.8. The Morgan fingerprint density at radius 2 is 2.10 bits per heavy atom. The van der Waals surface area contributed by atoms with Gasteiger partial charge in [0.05, 0.1) is 5.92 Å². The van der Waals surface area contributed by atoms with Gasteiger partial charge in [-0.15, -0.1) is 0 Å². The van der Waals surface area contributed by atoms with Gasteiger partial charge in [-0.1, -0.05) is 49.6 Å². The lowest BCUT2D eigenvalue weighted by Crippen LogP contribution is -2.32. The normalized spacial score (nSPS) is 26.4. The summed E-state index contributed by atoms with van der Waals surface area (Å²) < 4.78 is 0. The van der Waals surface area contributed by atoms with E-state index in [1.165, 1.54) is 12.8 Å². The molecule has 1 aliphatic rings. The second kappa shape index (κ2) is 7.12. The number of rotatable bonds is 5. The fourth-order valence-electron chi connectivity index (χ4n) is 3.53. The van der Waals surface area contributed by atoms with Gasteiger partial charge in [0.2, 0.25) is 0 Å². The summed E-state index contributed by atoms with van der Waals surface area (Å²) in [6.07, 6.45) is 6.08. The monoisotopic (exact) mass is 294 g/mol. The SMILES string of the molecule is CCCC1CCC(C(=O)O)C(Cc2ccccc2Cl)C1. The summed E-state index contributed by atoms with van der Waals surface area (Å²) in [6.45, 7) is 2.20. The second-order valence-corrected chi connectivity index (χ2v) is 6.38. The van der Waals surface area contributed by atoms with Gasteiger partial charge >= 0.3 is 5.97 Å². The summed E-state index contributed by atoms with van der Waals surface area (Å²) in [4.78, 5) is 11.5. The summed E-state index contributed by atoms with van der Waals surface area (Å²) in [6, 6.07) is 7.80. The highest BCUT2D eigenvalue weighted by Gasteiger charge is 2.34. The lowest BCUT2D eigenvalue weighted by atomic mass is 9.70. The van der Waals surface area contributed by atoms with Gasteiger partial charge in [0.15, 0.2) is 0 Å². The Kier molecular flexibility index (Phi) is 5.47. The predicted molar refractivity (Wildman–Crippen MR) is 82.0 cm³/mol. The maximum atomic E-state index is 11.5. The van der Waals surface area contributed by atoms with Crippen molar-refractivity contribution < 1.29 is 9.90 Å². The molecule has 1 aromatic carbocycles. The third-order valence-corrected chi connectivity index (χ3v) is 4.91. The number of carboxylic acids is 1. The van der Waals surface area contributed by atoms with Gasteiger partial charge in [0, 0.05) is 5.02 Å². The molecule has 20 heavy (non-hydrogen) atoms. The van der Waals surface area contributed by atoms with Crippen molar-refractivity contribution >= 4 is 17.6 Å². The van der Waals surface area contributed by atoms with Gasteiger partial charge in [0.1, 0.15) is 0 Å². The van der Waals surface area contributed by atoms with Crippen LogP contribution >= 0.6 is 11.6 Å². The van der Waals surface area contributed by atoms with E-state index in [4.69, 9.17) is 11.6 Å². The maximum absolute atomic E-state index is 11.5. The molecule has 3 heteroatoms. The van der Waals surface area contributed by atoms with Crippen LogP contribution in [0.1, 0.15) is 44.6 Å². The number of benzene rings is 1.